The lowest BCUT2D eigenvalue weighted by molar-refractivity contribution is -0.126. The van der Waals surface area contributed by atoms with Crippen LogP contribution in [0.15, 0.2) is 24.3 Å². The first kappa shape index (κ1) is 45.0. The quantitative estimate of drug-likeness (QED) is 0.0494. The van der Waals surface area contributed by atoms with E-state index in [4.69, 9.17) is 28.4 Å². The minimum Gasteiger partial charge on any atom is -0.490 e. The van der Waals surface area contributed by atoms with Crippen molar-refractivity contribution in [3.63, 3.8) is 0 Å². The van der Waals surface area contributed by atoms with Crippen molar-refractivity contribution in [3.8, 4) is 17.6 Å². The lowest BCUT2D eigenvalue weighted by Crippen LogP contribution is -2.34. The molecule has 3 N–H and O–H groups in total. The molecule has 0 bridgehead atoms. The molecule has 0 aliphatic rings. The number of hydrogen-bond donors (Lipinski definition) is 3. The van der Waals surface area contributed by atoms with E-state index in [9.17, 15) is 9.59 Å². The zero-order valence-electron chi connectivity index (χ0n) is 30.9. The van der Waals surface area contributed by atoms with Gasteiger partial charge in [0.15, 0.2) is 4.93 Å². The van der Waals surface area contributed by atoms with E-state index >= 15 is 0 Å². The van der Waals surface area contributed by atoms with Crippen LogP contribution in [0.1, 0.15) is 72.2 Å². The number of amides is 2. The molecule has 0 aromatic heterocycles. The van der Waals surface area contributed by atoms with Crippen molar-refractivity contribution in [3.05, 3.63) is 29.8 Å². The molecular formula is C36H61N3O8S2. The Kier molecular flexibility index (Phi) is 24.6. The molecular weight excluding hydrogens is 667 g/mol. The molecule has 0 radical (unpaired) electrons. The van der Waals surface area contributed by atoms with Crippen molar-refractivity contribution in [2.24, 2.45) is 5.92 Å². The highest BCUT2D eigenvalue weighted by Crippen LogP contribution is 2.44. The number of carbonyl (C=O) groups excluding carboxylic acids is 2. The predicted octanol–water partition coefficient (Wildman–Crippen LogP) is 4.94. The summed E-state index contributed by atoms with van der Waals surface area (Å²) in [5.41, 5.74) is 0.488. The van der Waals surface area contributed by atoms with Crippen molar-refractivity contribution >= 4 is 33.4 Å². The van der Waals surface area contributed by atoms with E-state index in [2.05, 4.69) is 62.4 Å². The summed E-state index contributed by atoms with van der Waals surface area (Å²) >= 11 is 0. The largest absolute Gasteiger partial charge is 0.490 e. The second kappa shape index (κ2) is 26.7. The summed E-state index contributed by atoms with van der Waals surface area (Å²) < 4.78 is 34.5. The van der Waals surface area contributed by atoms with Crippen LogP contribution in [0.2, 0.25) is 0 Å². The molecule has 11 nitrogen and oxygen atoms in total. The lowest BCUT2D eigenvalue weighted by Gasteiger charge is -2.31. The van der Waals surface area contributed by atoms with Gasteiger partial charge in [0.05, 0.1) is 52.8 Å². The fraction of sp³-hybridized carbons (Fsp3) is 0.722. The van der Waals surface area contributed by atoms with Gasteiger partial charge >= 0.3 is 0 Å². The van der Waals surface area contributed by atoms with E-state index < -0.39 is 4.93 Å². The molecule has 1 rings (SSSR count). The summed E-state index contributed by atoms with van der Waals surface area (Å²) in [6, 6.07) is 7.54. The number of ether oxygens (including phenoxy) is 6. The molecule has 1 aromatic rings. The van der Waals surface area contributed by atoms with Crippen LogP contribution < -0.4 is 20.7 Å². The molecule has 1 unspecified atom stereocenters. The molecule has 0 fully saturated rings. The Bertz CT molecular complexity index is 1110. The summed E-state index contributed by atoms with van der Waals surface area (Å²) in [5.74, 6) is 6.30. The standard InChI is InChI=1S/C36H61N3O8S2/c1-29(2)12-10-15-38-33(40)27-45-24-25-47-36(8,49-48-35(5,6)7)28-46-32-14-9-13-31(26-32)34(41)39-17-19-43-21-23-44-22-20-42-18-11-16-37-30(3)4/h9,13-14,26,29-30,37H,11,15-25,27-28H2,1-8H3,(H,38,40)(H,39,41). The summed E-state index contributed by atoms with van der Waals surface area (Å²) in [5, 5.41) is 8.95. The van der Waals surface area contributed by atoms with Crippen LogP contribution in [-0.2, 0) is 28.5 Å². The monoisotopic (exact) mass is 727 g/mol. The molecule has 0 saturated carbocycles. The molecule has 0 aliphatic heterocycles. The summed E-state index contributed by atoms with van der Waals surface area (Å²) in [7, 11) is 3.27. The molecule has 0 aliphatic carbocycles. The highest BCUT2D eigenvalue weighted by atomic mass is 33.1. The average molecular weight is 728 g/mol. The van der Waals surface area contributed by atoms with Gasteiger partial charge in [0.2, 0.25) is 5.91 Å². The molecule has 13 heteroatoms. The van der Waals surface area contributed by atoms with E-state index in [0.29, 0.717) is 70.1 Å². The van der Waals surface area contributed by atoms with Crippen molar-refractivity contribution in [2.45, 2.75) is 77.5 Å². The van der Waals surface area contributed by atoms with Gasteiger partial charge in [-0.2, -0.15) is 0 Å². The molecule has 1 aromatic carbocycles. The maximum Gasteiger partial charge on any atom is 0.251 e. The minimum atomic E-state index is -0.715. The Hall–Kier alpha value is -2.02. The number of benzene rings is 1. The zero-order chi connectivity index (χ0) is 36.4. The van der Waals surface area contributed by atoms with Gasteiger partial charge in [-0.3, -0.25) is 9.59 Å². The number of hydrogen-bond acceptors (Lipinski definition) is 11. The smallest absolute Gasteiger partial charge is 0.251 e. The molecule has 1 atom stereocenters. The van der Waals surface area contributed by atoms with Gasteiger partial charge in [-0.1, -0.05) is 88.0 Å². The van der Waals surface area contributed by atoms with Crippen molar-refractivity contribution in [1.29, 1.82) is 0 Å². The van der Waals surface area contributed by atoms with Crippen LogP contribution >= 0.6 is 21.6 Å². The number of nitrogens with one attached hydrogen (secondary N) is 3. The number of carbonyl (C=O) groups is 2. The molecule has 49 heavy (non-hydrogen) atoms. The van der Waals surface area contributed by atoms with Crippen LogP contribution in [0, 0.1) is 17.8 Å². The van der Waals surface area contributed by atoms with Gasteiger partial charge in [-0.25, -0.2) is 0 Å². The van der Waals surface area contributed by atoms with Crippen molar-refractivity contribution in [1.82, 2.24) is 16.0 Å². The van der Waals surface area contributed by atoms with E-state index in [1.165, 1.54) is 0 Å². The van der Waals surface area contributed by atoms with Crippen LogP contribution in [0.4, 0.5) is 0 Å². The Labute approximate surface area is 303 Å². The highest BCUT2D eigenvalue weighted by molar-refractivity contribution is 8.77. The third-order valence-corrected chi connectivity index (χ3v) is 9.97. The van der Waals surface area contributed by atoms with Gasteiger partial charge in [0.25, 0.3) is 5.91 Å². The third-order valence-electron chi connectivity index (χ3n) is 5.99. The third kappa shape index (κ3) is 26.5. The zero-order valence-corrected chi connectivity index (χ0v) is 32.6. The van der Waals surface area contributed by atoms with E-state index in [0.717, 1.165) is 13.0 Å². The van der Waals surface area contributed by atoms with E-state index in [1.807, 2.05) is 26.8 Å². The highest BCUT2D eigenvalue weighted by Gasteiger charge is 2.30. The van der Waals surface area contributed by atoms with Gasteiger partial charge in [-0.15, -0.1) is 0 Å². The fourth-order valence-electron chi connectivity index (χ4n) is 3.62. The second-order valence-corrected chi connectivity index (χ2v) is 16.4. The molecule has 2 amide bonds. The Morgan fingerprint density at radius 1 is 0.816 bits per heavy atom. The first-order valence-electron chi connectivity index (χ1n) is 17.1. The first-order valence-corrected chi connectivity index (χ1v) is 19.3. The Morgan fingerprint density at radius 3 is 2.16 bits per heavy atom. The SMILES string of the molecule is CC(C)C#CCNC(=O)COCCOC(C)(COc1cccc(C(=O)NCCOCCOCCOCCCNC(C)C)c1)SSC(C)(C)C. The lowest BCUT2D eigenvalue weighted by atomic mass is 10.2. The Balaban J connectivity index is 2.38. The van der Waals surface area contributed by atoms with Gasteiger partial charge in [0.1, 0.15) is 19.0 Å². The van der Waals surface area contributed by atoms with E-state index in [-0.39, 0.29) is 48.9 Å². The fourth-order valence-corrected chi connectivity index (χ4v) is 5.85. The molecule has 0 heterocycles. The van der Waals surface area contributed by atoms with Gasteiger partial charge in [-0.05, 0) is 38.1 Å². The van der Waals surface area contributed by atoms with Gasteiger partial charge < -0.3 is 44.4 Å². The predicted molar refractivity (Wildman–Crippen MR) is 200 cm³/mol. The molecule has 280 valence electrons. The topological polar surface area (TPSA) is 126 Å². The average Bonchev–Trinajstić information content (AvgIpc) is 3.04. The molecule has 0 saturated heterocycles. The summed E-state index contributed by atoms with van der Waals surface area (Å²) in [6.07, 6.45) is 0.978. The maximum atomic E-state index is 12.8. The molecule has 0 spiro atoms. The Morgan fingerprint density at radius 2 is 1.49 bits per heavy atom. The van der Waals surface area contributed by atoms with Crippen LogP contribution in [0.5, 0.6) is 5.75 Å². The first-order chi connectivity index (χ1) is 23.3. The van der Waals surface area contributed by atoms with Crippen LogP contribution in [0.3, 0.4) is 0 Å². The van der Waals surface area contributed by atoms with Crippen LogP contribution in [-0.4, -0.2) is 113 Å². The minimum absolute atomic E-state index is 0.00329. The normalized spacial score (nSPS) is 12.8. The summed E-state index contributed by atoms with van der Waals surface area (Å²) in [4.78, 5) is 24.0. The van der Waals surface area contributed by atoms with E-state index in [1.54, 1.807) is 39.8 Å². The second-order valence-electron chi connectivity index (χ2n) is 12.9. The van der Waals surface area contributed by atoms with Gasteiger partial charge in [0, 0.05) is 35.4 Å². The maximum absolute atomic E-state index is 12.8. The van der Waals surface area contributed by atoms with Crippen molar-refractivity contribution < 1.29 is 38.0 Å². The summed E-state index contributed by atoms with van der Waals surface area (Å²) in [6.45, 7) is 22.0. The number of rotatable bonds is 27. The van der Waals surface area contributed by atoms with Crippen molar-refractivity contribution in [2.75, 3.05) is 85.7 Å². The van der Waals surface area contributed by atoms with Crippen LogP contribution in [0.25, 0.3) is 0 Å².